The average molecular weight is 420 g/mol. The largest absolute Gasteiger partial charge is 0.454 e. The number of carbonyl (C=O) groups is 1. The van der Waals surface area contributed by atoms with E-state index in [1.54, 1.807) is 58.0 Å². The Hall–Kier alpha value is -2.78. The zero-order valence-corrected chi connectivity index (χ0v) is 17.6. The summed E-state index contributed by atoms with van der Waals surface area (Å²) in [6, 6.07) is 10.9. The molecule has 2 aromatic carbocycles. The maximum absolute atomic E-state index is 12.5. The average Bonchev–Trinajstić information content (AvgIpc) is 3.07. The molecule has 0 saturated carbocycles. The van der Waals surface area contributed by atoms with Gasteiger partial charge in [-0.15, -0.1) is 0 Å². The lowest BCUT2D eigenvalue weighted by Gasteiger charge is -2.21. The van der Waals surface area contributed by atoms with E-state index in [0.717, 1.165) is 0 Å². The minimum Gasteiger partial charge on any atom is -0.454 e. The second-order valence-corrected chi connectivity index (χ2v) is 9.49. The highest BCUT2D eigenvalue weighted by molar-refractivity contribution is 7.89. The lowest BCUT2D eigenvalue weighted by Crippen LogP contribution is -2.40. The Morgan fingerprint density at radius 3 is 2.48 bits per heavy atom. The zero-order valence-electron chi connectivity index (χ0n) is 16.8. The molecule has 0 spiro atoms. The SMILES string of the molecule is C[C@H](Nc1cccc(S(=O)(=O)NC(C)(C)C)c1)C(=O)Nc1ccc2c(c1)OCO2. The van der Waals surface area contributed by atoms with Gasteiger partial charge >= 0.3 is 0 Å². The van der Waals surface area contributed by atoms with Crippen molar-refractivity contribution in [3.8, 4) is 11.5 Å². The normalized spacial score (nSPS) is 14.3. The Bertz CT molecular complexity index is 1020. The number of sulfonamides is 1. The Morgan fingerprint density at radius 1 is 1.03 bits per heavy atom. The van der Waals surface area contributed by atoms with Crippen LogP contribution in [0, 0.1) is 0 Å². The summed E-state index contributed by atoms with van der Waals surface area (Å²) in [5, 5.41) is 5.83. The molecule has 1 heterocycles. The summed E-state index contributed by atoms with van der Waals surface area (Å²) in [6.07, 6.45) is 0. The summed E-state index contributed by atoms with van der Waals surface area (Å²) in [4.78, 5) is 12.6. The molecule has 2 aromatic rings. The van der Waals surface area contributed by atoms with Crippen LogP contribution < -0.4 is 24.8 Å². The van der Waals surface area contributed by atoms with E-state index in [-0.39, 0.29) is 17.6 Å². The van der Waals surface area contributed by atoms with Crippen molar-refractivity contribution in [1.82, 2.24) is 4.72 Å². The van der Waals surface area contributed by atoms with Gasteiger partial charge in [0.05, 0.1) is 4.90 Å². The number of anilines is 2. The van der Waals surface area contributed by atoms with Crippen molar-refractivity contribution in [3.05, 3.63) is 42.5 Å². The first-order chi connectivity index (χ1) is 13.5. The smallest absolute Gasteiger partial charge is 0.246 e. The van der Waals surface area contributed by atoms with Crippen molar-refractivity contribution in [3.63, 3.8) is 0 Å². The number of fused-ring (bicyclic) bond motifs is 1. The Morgan fingerprint density at radius 2 is 1.76 bits per heavy atom. The summed E-state index contributed by atoms with van der Waals surface area (Å²) in [6.45, 7) is 7.17. The van der Waals surface area contributed by atoms with Gasteiger partial charge in [0.2, 0.25) is 22.7 Å². The first-order valence-corrected chi connectivity index (χ1v) is 10.6. The number of nitrogens with one attached hydrogen (secondary N) is 3. The summed E-state index contributed by atoms with van der Waals surface area (Å²) in [5.74, 6) is 0.939. The summed E-state index contributed by atoms with van der Waals surface area (Å²) >= 11 is 0. The number of amides is 1. The third-order valence-electron chi connectivity index (χ3n) is 4.00. The molecule has 3 N–H and O–H groups in total. The fraction of sp³-hybridized carbons (Fsp3) is 0.350. The van der Waals surface area contributed by atoms with E-state index < -0.39 is 21.6 Å². The van der Waals surface area contributed by atoms with Crippen molar-refractivity contribution in [2.24, 2.45) is 0 Å². The number of hydrogen-bond donors (Lipinski definition) is 3. The van der Waals surface area contributed by atoms with Crippen LogP contribution in [-0.2, 0) is 14.8 Å². The Balaban J connectivity index is 1.67. The summed E-state index contributed by atoms with van der Waals surface area (Å²) in [5.41, 5.74) is 0.508. The monoisotopic (exact) mass is 419 g/mol. The molecule has 0 radical (unpaired) electrons. The van der Waals surface area contributed by atoms with Crippen LogP contribution in [0.5, 0.6) is 11.5 Å². The molecule has 8 nitrogen and oxygen atoms in total. The van der Waals surface area contributed by atoms with Crippen LogP contribution in [0.3, 0.4) is 0 Å². The van der Waals surface area contributed by atoms with Gasteiger partial charge in [0.15, 0.2) is 11.5 Å². The molecule has 156 valence electrons. The van der Waals surface area contributed by atoms with Crippen LogP contribution >= 0.6 is 0 Å². The fourth-order valence-electron chi connectivity index (χ4n) is 2.76. The van der Waals surface area contributed by atoms with Crippen LogP contribution in [0.2, 0.25) is 0 Å². The van der Waals surface area contributed by atoms with E-state index in [0.29, 0.717) is 22.9 Å². The second kappa shape index (κ2) is 7.92. The maximum atomic E-state index is 12.5. The number of hydrogen-bond acceptors (Lipinski definition) is 6. The molecule has 29 heavy (non-hydrogen) atoms. The van der Waals surface area contributed by atoms with Gasteiger partial charge in [-0.2, -0.15) is 0 Å². The van der Waals surface area contributed by atoms with Gasteiger partial charge < -0.3 is 20.1 Å². The topological polar surface area (TPSA) is 106 Å². The van der Waals surface area contributed by atoms with Crippen molar-refractivity contribution >= 4 is 27.3 Å². The molecule has 1 amide bonds. The van der Waals surface area contributed by atoms with E-state index in [4.69, 9.17) is 9.47 Å². The lowest BCUT2D eigenvalue weighted by molar-refractivity contribution is -0.116. The molecule has 1 aliphatic heterocycles. The molecular weight excluding hydrogens is 394 g/mol. The van der Waals surface area contributed by atoms with Crippen LogP contribution in [0.25, 0.3) is 0 Å². The van der Waals surface area contributed by atoms with Crippen LogP contribution in [0.15, 0.2) is 47.4 Å². The zero-order chi connectivity index (χ0) is 21.2. The van der Waals surface area contributed by atoms with Crippen LogP contribution in [0.4, 0.5) is 11.4 Å². The number of rotatable bonds is 6. The minimum atomic E-state index is -3.67. The molecular formula is C20H25N3O5S. The van der Waals surface area contributed by atoms with Gasteiger partial charge in [-0.25, -0.2) is 13.1 Å². The van der Waals surface area contributed by atoms with Gasteiger partial charge in [-0.3, -0.25) is 4.79 Å². The molecule has 9 heteroatoms. The predicted molar refractivity (Wildman–Crippen MR) is 111 cm³/mol. The molecule has 3 rings (SSSR count). The molecule has 0 bridgehead atoms. The van der Waals surface area contributed by atoms with Crippen molar-refractivity contribution < 1.29 is 22.7 Å². The highest BCUT2D eigenvalue weighted by Crippen LogP contribution is 2.34. The van der Waals surface area contributed by atoms with E-state index in [1.807, 2.05) is 0 Å². The Labute approximate surface area is 170 Å². The quantitative estimate of drug-likeness (QED) is 0.665. The first kappa shape index (κ1) is 20.9. The first-order valence-electron chi connectivity index (χ1n) is 9.15. The van der Waals surface area contributed by atoms with E-state index in [1.165, 1.54) is 12.1 Å². The van der Waals surface area contributed by atoms with Gasteiger partial charge in [0, 0.05) is 23.0 Å². The summed E-state index contributed by atoms with van der Waals surface area (Å²) in [7, 11) is -3.67. The number of carbonyl (C=O) groups excluding carboxylic acids is 1. The van der Waals surface area contributed by atoms with Crippen LogP contribution in [-0.4, -0.2) is 32.7 Å². The second-order valence-electron chi connectivity index (χ2n) is 7.81. The summed E-state index contributed by atoms with van der Waals surface area (Å²) < 4.78 is 38.2. The predicted octanol–water partition coefficient (Wildman–Crippen LogP) is 2.93. The van der Waals surface area contributed by atoms with Crippen molar-refractivity contribution in [2.75, 3.05) is 17.4 Å². The molecule has 0 saturated heterocycles. The fourth-order valence-corrected chi connectivity index (χ4v) is 4.22. The van der Waals surface area contributed by atoms with Gasteiger partial charge in [0.25, 0.3) is 0 Å². The van der Waals surface area contributed by atoms with Gasteiger partial charge in [-0.05, 0) is 58.0 Å². The van der Waals surface area contributed by atoms with Crippen molar-refractivity contribution in [1.29, 1.82) is 0 Å². The number of ether oxygens (including phenoxy) is 2. The molecule has 1 atom stereocenters. The van der Waals surface area contributed by atoms with E-state index >= 15 is 0 Å². The standard InChI is InChI=1S/C20H25N3O5S/c1-13(19(24)22-15-8-9-17-18(11-15)28-12-27-17)21-14-6-5-7-16(10-14)29(25,26)23-20(2,3)4/h5-11,13,21,23H,12H2,1-4H3,(H,22,24)/t13-/m0/s1. The maximum Gasteiger partial charge on any atom is 0.246 e. The van der Waals surface area contributed by atoms with Gasteiger partial charge in [0.1, 0.15) is 6.04 Å². The van der Waals surface area contributed by atoms with Gasteiger partial charge in [-0.1, -0.05) is 6.07 Å². The van der Waals surface area contributed by atoms with E-state index in [9.17, 15) is 13.2 Å². The highest BCUT2D eigenvalue weighted by Gasteiger charge is 2.23. The molecule has 0 unspecified atom stereocenters. The molecule has 1 aliphatic rings. The highest BCUT2D eigenvalue weighted by atomic mass is 32.2. The molecule has 0 aliphatic carbocycles. The lowest BCUT2D eigenvalue weighted by atomic mass is 10.1. The van der Waals surface area contributed by atoms with Crippen molar-refractivity contribution in [2.45, 2.75) is 44.2 Å². The molecule has 0 aromatic heterocycles. The Kier molecular flexibility index (Phi) is 5.72. The third kappa shape index (κ3) is 5.39. The number of benzene rings is 2. The molecule has 0 fully saturated rings. The van der Waals surface area contributed by atoms with E-state index in [2.05, 4.69) is 15.4 Å². The minimum absolute atomic E-state index is 0.126. The van der Waals surface area contributed by atoms with Crippen LogP contribution in [0.1, 0.15) is 27.7 Å². The third-order valence-corrected chi connectivity index (χ3v) is 5.76.